The number of hydrogen-bond donors (Lipinski definition) is 0. The van der Waals surface area contributed by atoms with Gasteiger partial charge in [0.1, 0.15) is 0 Å². The monoisotopic (exact) mass is 460 g/mol. The van der Waals surface area contributed by atoms with E-state index in [4.69, 9.17) is 23.7 Å². The van der Waals surface area contributed by atoms with Gasteiger partial charge in [0.2, 0.25) is 0 Å². The van der Waals surface area contributed by atoms with E-state index < -0.39 is 0 Å². The minimum atomic E-state index is 0.540. The highest BCUT2D eigenvalue weighted by Crippen LogP contribution is 2.45. The molecule has 0 N–H and O–H groups in total. The number of hydrogen-bond acceptors (Lipinski definition) is 5. The Bertz CT molecular complexity index is 1120. The maximum absolute atomic E-state index is 6.28. The average molecular weight is 460 g/mol. The third-order valence-corrected chi connectivity index (χ3v) is 5.35. The lowest BCUT2D eigenvalue weighted by atomic mass is 10.2. The molecule has 5 heteroatoms. The second-order valence-corrected chi connectivity index (χ2v) is 7.74. The molecule has 0 spiro atoms. The van der Waals surface area contributed by atoms with E-state index in [0.29, 0.717) is 57.5 Å². The second kappa shape index (κ2) is 9.15. The fourth-order valence-electron chi connectivity index (χ4n) is 3.69. The molecule has 6 rings (SSSR count). The third kappa shape index (κ3) is 4.35. The lowest BCUT2D eigenvalue weighted by Crippen LogP contribution is -1.94. The molecule has 0 fully saturated rings. The predicted octanol–water partition coefficient (Wildman–Crippen LogP) is 8.96. The summed E-state index contributed by atoms with van der Waals surface area (Å²) in [6.45, 7) is 0. The van der Waals surface area contributed by atoms with Gasteiger partial charge in [-0.25, -0.2) is 0 Å². The zero-order valence-corrected chi connectivity index (χ0v) is 18.6. The maximum atomic E-state index is 6.28. The summed E-state index contributed by atoms with van der Waals surface area (Å²) in [7, 11) is 0. The molecule has 0 amide bonds. The highest BCUT2D eigenvalue weighted by atomic mass is 16.6. The summed E-state index contributed by atoms with van der Waals surface area (Å²) >= 11 is 0. The van der Waals surface area contributed by atoms with Crippen LogP contribution in [0.4, 0.5) is 0 Å². The maximum Gasteiger partial charge on any atom is 0.170 e. The normalized spacial score (nSPS) is 12.0. The molecule has 0 bridgehead atoms. The standard InChI is InChI=1S/C30H20O5/c1-2-12-22-21(11-1)31-23-13-3-4-14-24(23)33-27-17-7-8-18-28(27)35-30-20-10-9-19-29(30)34-26-16-6-5-15-25(26)32-22/h1-20H. The van der Waals surface area contributed by atoms with Gasteiger partial charge in [-0.2, -0.15) is 0 Å². The lowest BCUT2D eigenvalue weighted by molar-refractivity contribution is 0.383. The lowest BCUT2D eigenvalue weighted by Gasteiger charge is -2.16. The zero-order valence-electron chi connectivity index (χ0n) is 18.6. The van der Waals surface area contributed by atoms with Crippen LogP contribution in [0.25, 0.3) is 0 Å². The highest BCUT2D eigenvalue weighted by molar-refractivity contribution is 5.55. The van der Waals surface area contributed by atoms with E-state index in [2.05, 4.69) is 0 Å². The molecule has 1 aliphatic heterocycles. The van der Waals surface area contributed by atoms with Gasteiger partial charge in [-0.05, 0) is 60.7 Å². The molecule has 0 saturated heterocycles. The molecular formula is C30H20O5. The van der Waals surface area contributed by atoms with Crippen LogP contribution in [-0.4, -0.2) is 0 Å². The summed E-state index contributed by atoms with van der Waals surface area (Å²) in [5, 5.41) is 0. The van der Waals surface area contributed by atoms with Crippen LogP contribution in [0.5, 0.6) is 57.5 Å². The Labute approximate surface area is 202 Å². The second-order valence-electron chi connectivity index (χ2n) is 7.74. The first-order chi connectivity index (χ1) is 17.3. The van der Waals surface area contributed by atoms with Crippen molar-refractivity contribution in [3.63, 3.8) is 0 Å². The molecule has 5 aromatic rings. The minimum absolute atomic E-state index is 0.540. The fraction of sp³-hybridized carbons (Fsp3) is 0. The number of benzene rings is 5. The topological polar surface area (TPSA) is 46.2 Å². The highest BCUT2D eigenvalue weighted by Gasteiger charge is 2.18. The van der Waals surface area contributed by atoms with E-state index in [1.165, 1.54) is 0 Å². The molecular weight excluding hydrogens is 440 g/mol. The van der Waals surface area contributed by atoms with Gasteiger partial charge in [-0.1, -0.05) is 60.7 Å². The van der Waals surface area contributed by atoms with Gasteiger partial charge in [0.05, 0.1) is 0 Å². The predicted molar refractivity (Wildman–Crippen MR) is 133 cm³/mol. The first-order valence-electron chi connectivity index (χ1n) is 11.2. The molecule has 170 valence electrons. The summed E-state index contributed by atoms with van der Waals surface area (Å²) in [6.07, 6.45) is 0. The SMILES string of the molecule is c1ccc2c(c1)Oc1ccccc1Oc1ccccc1Oc1ccccc1Oc1ccccc1O2. The van der Waals surface area contributed by atoms with Crippen LogP contribution in [-0.2, 0) is 0 Å². The first kappa shape index (κ1) is 20.7. The Morgan fingerprint density at radius 3 is 0.429 bits per heavy atom. The summed E-state index contributed by atoms with van der Waals surface area (Å²) in [6, 6.07) is 37.4. The van der Waals surface area contributed by atoms with Crippen LogP contribution in [0.15, 0.2) is 121 Å². The van der Waals surface area contributed by atoms with Crippen LogP contribution in [0.3, 0.4) is 0 Å². The summed E-state index contributed by atoms with van der Waals surface area (Å²) < 4.78 is 31.4. The van der Waals surface area contributed by atoms with Crippen molar-refractivity contribution in [3.8, 4) is 57.5 Å². The van der Waals surface area contributed by atoms with Gasteiger partial charge in [0.15, 0.2) is 57.5 Å². The molecule has 0 aromatic heterocycles. The van der Waals surface area contributed by atoms with Crippen molar-refractivity contribution in [1.82, 2.24) is 0 Å². The summed E-state index contributed by atoms with van der Waals surface area (Å²) in [4.78, 5) is 0. The van der Waals surface area contributed by atoms with E-state index in [-0.39, 0.29) is 0 Å². The smallest absolute Gasteiger partial charge is 0.170 e. The quantitative estimate of drug-likeness (QED) is 0.226. The van der Waals surface area contributed by atoms with Crippen LogP contribution < -0.4 is 23.7 Å². The van der Waals surface area contributed by atoms with Crippen molar-refractivity contribution in [1.29, 1.82) is 0 Å². The summed E-state index contributed by atoms with van der Waals surface area (Å²) in [5.74, 6) is 5.40. The Kier molecular flexibility index (Phi) is 5.41. The van der Waals surface area contributed by atoms with Crippen LogP contribution in [0.2, 0.25) is 0 Å². The van der Waals surface area contributed by atoms with E-state index in [0.717, 1.165) is 0 Å². The molecule has 5 nitrogen and oxygen atoms in total. The van der Waals surface area contributed by atoms with Crippen LogP contribution >= 0.6 is 0 Å². The molecule has 0 atom stereocenters. The van der Waals surface area contributed by atoms with Gasteiger partial charge in [-0.15, -0.1) is 0 Å². The van der Waals surface area contributed by atoms with Crippen LogP contribution in [0, 0.1) is 0 Å². The van der Waals surface area contributed by atoms with Crippen molar-refractivity contribution in [2.45, 2.75) is 0 Å². The first-order valence-corrected chi connectivity index (χ1v) is 11.2. The number of rotatable bonds is 0. The van der Waals surface area contributed by atoms with Gasteiger partial charge >= 0.3 is 0 Å². The van der Waals surface area contributed by atoms with E-state index in [1.807, 2.05) is 121 Å². The molecule has 1 heterocycles. The van der Waals surface area contributed by atoms with E-state index >= 15 is 0 Å². The summed E-state index contributed by atoms with van der Waals surface area (Å²) in [5.41, 5.74) is 0. The molecule has 0 unspecified atom stereocenters. The molecule has 35 heavy (non-hydrogen) atoms. The largest absolute Gasteiger partial charge is 0.450 e. The third-order valence-electron chi connectivity index (χ3n) is 5.35. The zero-order chi connectivity index (χ0) is 23.5. The van der Waals surface area contributed by atoms with Crippen molar-refractivity contribution in [2.24, 2.45) is 0 Å². The van der Waals surface area contributed by atoms with Gasteiger partial charge in [-0.3, -0.25) is 0 Å². The molecule has 1 aliphatic rings. The average Bonchev–Trinajstić information content (AvgIpc) is 2.89. The number of para-hydroxylation sites is 10. The Morgan fingerprint density at radius 1 is 0.200 bits per heavy atom. The number of fused-ring (bicyclic) bond motifs is 5. The van der Waals surface area contributed by atoms with Crippen LogP contribution in [0.1, 0.15) is 0 Å². The molecule has 5 aromatic carbocycles. The van der Waals surface area contributed by atoms with Gasteiger partial charge in [0.25, 0.3) is 0 Å². The molecule has 0 saturated carbocycles. The molecule has 0 aliphatic carbocycles. The minimum Gasteiger partial charge on any atom is -0.450 e. The van der Waals surface area contributed by atoms with E-state index in [9.17, 15) is 0 Å². The fourth-order valence-corrected chi connectivity index (χ4v) is 3.69. The van der Waals surface area contributed by atoms with Crippen molar-refractivity contribution in [2.75, 3.05) is 0 Å². The Morgan fingerprint density at radius 2 is 0.314 bits per heavy atom. The Balaban J connectivity index is 1.54. The number of ether oxygens (including phenoxy) is 5. The van der Waals surface area contributed by atoms with Gasteiger partial charge < -0.3 is 23.7 Å². The van der Waals surface area contributed by atoms with Crippen molar-refractivity contribution in [3.05, 3.63) is 121 Å². The van der Waals surface area contributed by atoms with Gasteiger partial charge in [0, 0.05) is 0 Å². The van der Waals surface area contributed by atoms with E-state index in [1.54, 1.807) is 0 Å². The van der Waals surface area contributed by atoms with Crippen molar-refractivity contribution < 1.29 is 23.7 Å². The van der Waals surface area contributed by atoms with Crippen molar-refractivity contribution >= 4 is 0 Å². The Hall–Kier alpha value is -4.90. The molecule has 0 radical (unpaired) electrons.